The molecule has 2 heterocycles. The minimum absolute atomic E-state index is 0.0116. The number of halogens is 8. The van der Waals surface area contributed by atoms with E-state index in [9.17, 15) is 45.8 Å². The Morgan fingerprint density at radius 1 is 1.05 bits per heavy atom. The number of alkyl halides is 6. The lowest BCUT2D eigenvalue weighted by atomic mass is 9.78. The molecular formula is C25H26Cl2F6N4O4. The lowest BCUT2D eigenvalue weighted by Gasteiger charge is -2.34. The molecule has 0 saturated heterocycles. The van der Waals surface area contributed by atoms with Gasteiger partial charge in [-0.1, -0.05) is 30.1 Å². The van der Waals surface area contributed by atoms with Gasteiger partial charge in [0.2, 0.25) is 0 Å². The number of pyridine rings is 1. The van der Waals surface area contributed by atoms with Gasteiger partial charge < -0.3 is 10.0 Å². The van der Waals surface area contributed by atoms with Crippen LogP contribution in [-0.2, 0) is 11.0 Å². The number of hydrogen-bond acceptors (Lipinski definition) is 5. The van der Waals surface area contributed by atoms with Crippen molar-refractivity contribution in [3.8, 4) is 0 Å². The smallest absolute Gasteiger partial charge is 0.433 e. The Kier molecular flexibility index (Phi) is 9.38. The van der Waals surface area contributed by atoms with Gasteiger partial charge in [-0.2, -0.15) is 31.4 Å². The Labute approximate surface area is 240 Å². The molecule has 1 N–H and O–H groups in total. The topological polar surface area (TPSA) is 105 Å². The summed E-state index contributed by atoms with van der Waals surface area (Å²) >= 11 is 12.0. The zero-order chi connectivity index (χ0) is 31.1. The third-order valence-corrected chi connectivity index (χ3v) is 7.78. The summed E-state index contributed by atoms with van der Waals surface area (Å²) in [6, 6.07) is -0.921. The van der Waals surface area contributed by atoms with Crippen molar-refractivity contribution in [3.63, 3.8) is 0 Å². The van der Waals surface area contributed by atoms with Crippen molar-refractivity contribution in [1.29, 1.82) is 0 Å². The van der Waals surface area contributed by atoms with Crippen LogP contribution in [0, 0.1) is 17.3 Å². The number of aromatic nitrogens is 3. The number of amides is 1. The lowest BCUT2D eigenvalue weighted by Crippen LogP contribution is -2.48. The van der Waals surface area contributed by atoms with Gasteiger partial charge in [-0.05, 0) is 39.0 Å². The van der Waals surface area contributed by atoms with Crippen LogP contribution in [0.25, 0.3) is 0 Å². The molecule has 1 aliphatic rings. The standard InChI is InChI=1S/C25H26Cl2F6N4O4/c1-12-6-13(4-5-14(12)22(40)41)37-20(24(28,29)30)15(7-35-37)21(39)36(11-23(2,3)25(31,32)33)10-18(38)19-16(26)8-34-9-17(19)27/h7-9,12-14H,4-6,10-11H2,1-3H3,(H,40,41)/t12-,13-,14?/m1/s1. The van der Waals surface area contributed by atoms with Crippen molar-refractivity contribution in [2.24, 2.45) is 17.3 Å². The van der Waals surface area contributed by atoms with E-state index in [1.807, 2.05) is 0 Å². The summed E-state index contributed by atoms with van der Waals surface area (Å²) in [5.41, 5.74) is -5.55. The molecule has 226 valence electrons. The zero-order valence-corrected chi connectivity index (χ0v) is 23.5. The number of carbonyl (C=O) groups is 3. The van der Waals surface area contributed by atoms with Crippen molar-refractivity contribution in [3.05, 3.63) is 45.5 Å². The Bertz CT molecular complexity index is 1310. The lowest BCUT2D eigenvalue weighted by molar-refractivity contribution is -0.214. The third-order valence-electron chi connectivity index (χ3n) is 7.21. The number of hydrogen-bond donors (Lipinski definition) is 1. The number of Topliss-reactive ketones (excluding diaryl/α,β-unsaturated/α-hetero) is 1. The van der Waals surface area contributed by atoms with Gasteiger partial charge >= 0.3 is 18.3 Å². The molecule has 1 saturated carbocycles. The minimum atomic E-state index is -5.17. The number of rotatable bonds is 8. The van der Waals surface area contributed by atoms with E-state index in [1.165, 1.54) is 0 Å². The fourth-order valence-electron chi connectivity index (χ4n) is 4.90. The van der Waals surface area contributed by atoms with Crippen LogP contribution in [0.15, 0.2) is 18.6 Å². The Hall–Kier alpha value is -2.87. The number of carboxylic acid groups (broad SMARTS) is 1. The molecular weight excluding hydrogens is 605 g/mol. The van der Waals surface area contributed by atoms with Crippen LogP contribution in [0.5, 0.6) is 0 Å². The molecule has 8 nitrogen and oxygen atoms in total. The SMILES string of the molecule is C[C@@H]1C[C@H](n2ncc(C(=O)N(CC(=O)c3c(Cl)cncc3Cl)CC(C)(C)C(F)(F)F)c2C(F)(F)F)CCC1C(=O)O. The summed E-state index contributed by atoms with van der Waals surface area (Å²) in [6.45, 7) is 0.798. The second kappa shape index (κ2) is 11.8. The van der Waals surface area contributed by atoms with E-state index in [1.54, 1.807) is 6.92 Å². The molecule has 0 bridgehead atoms. The predicted octanol–water partition coefficient (Wildman–Crippen LogP) is 6.58. The molecule has 1 unspecified atom stereocenters. The maximum Gasteiger partial charge on any atom is 0.433 e. The Morgan fingerprint density at radius 3 is 2.12 bits per heavy atom. The van der Waals surface area contributed by atoms with Crippen LogP contribution < -0.4 is 0 Å². The normalized spacial score (nSPS) is 20.1. The number of carbonyl (C=O) groups excluding carboxylic acids is 2. The van der Waals surface area contributed by atoms with E-state index in [-0.39, 0.29) is 34.9 Å². The first-order valence-corrected chi connectivity index (χ1v) is 13.1. The molecule has 1 amide bonds. The average Bonchev–Trinajstić information content (AvgIpc) is 3.28. The van der Waals surface area contributed by atoms with Crippen molar-refractivity contribution >= 4 is 40.9 Å². The number of aliphatic carboxylic acids is 1. The molecule has 3 rings (SSSR count). The Balaban J connectivity index is 2.06. The van der Waals surface area contributed by atoms with E-state index in [2.05, 4.69) is 10.1 Å². The predicted molar refractivity (Wildman–Crippen MR) is 135 cm³/mol. The molecule has 16 heteroatoms. The van der Waals surface area contributed by atoms with Gasteiger partial charge in [-0.15, -0.1) is 0 Å². The highest BCUT2D eigenvalue weighted by Crippen LogP contribution is 2.42. The van der Waals surface area contributed by atoms with E-state index >= 15 is 0 Å². The van der Waals surface area contributed by atoms with Crippen molar-refractivity contribution in [2.45, 2.75) is 58.4 Å². The summed E-state index contributed by atoms with van der Waals surface area (Å²) in [5, 5.41) is 12.6. The van der Waals surface area contributed by atoms with Crippen LogP contribution in [0.4, 0.5) is 26.3 Å². The number of carboxylic acids is 1. The fraction of sp³-hybridized carbons (Fsp3) is 0.560. The minimum Gasteiger partial charge on any atom is -0.481 e. The van der Waals surface area contributed by atoms with Crippen LogP contribution in [-0.4, -0.2) is 61.7 Å². The Morgan fingerprint density at radius 2 is 1.63 bits per heavy atom. The van der Waals surface area contributed by atoms with Crippen molar-refractivity contribution in [1.82, 2.24) is 19.7 Å². The zero-order valence-electron chi connectivity index (χ0n) is 22.0. The van der Waals surface area contributed by atoms with E-state index < -0.39 is 77.7 Å². The van der Waals surface area contributed by atoms with Gasteiger partial charge in [0, 0.05) is 18.9 Å². The molecule has 0 aliphatic heterocycles. The first-order chi connectivity index (χ1) is 18.8. The fourth-order valence-corrected chi connectivity index (χ4v) is 5.48. The summed E-state index contributed by atoms with van der Waals surface area (Å²) in [7, 11) is 0. The van der Waals surface area contributed by atoms with Crippen LogP contribution in [0.1, 0.15) is 72.5 Å². The van der Waals surface area contributed by atoms with Gasteiger partial charge in [-0.25, -0.2) is 0 Å². The third kappa shape index (κ3) is 6.96. The molecule has 3 atom stereocenters. The molecule has 41 heavy (non-hydrogen) atoms. The molecule has 0 radical (unpaired) electrons. The average molecular weight is 631 g/mol. The summed E-state index contributed by atoms with van der Waals surface area (Å²) < 4.78 is 85.0. The maximum absolute atomic E-state index is 14.4. The first-order valence-electron chi connectivity index (χ1n) is 12.3. The quantitative estimate of drug-likeness (QED) is 0.261. The van der Waals surface area contributed by atoms with Crippen LogP contribution >= 0.6 is 23.2 Å². The highest BCUT2D eigenvalue weighted by Gasteiger charge is 2.50. The summed E-state index contributed by atoms with van der Waals surface area (Å²) in [5.74, 6) is -4.88. The number of ketones is 1. The van der Waals surface area contributed by atoms with Crippen molar-refractivity contribution in [2.75, 3.05) is 13.1 Å². The van der Waals surface area contributed by atoms with E-state index in [4.69, 9.17) is 23.2 Å². The van der Waals surface area contributed by atoms with Gasteiger partial charge in [0.05, 0.1) is 51.3 Å². The molecule has 2 aromatic rings. The van der Waals surface area contributed by atoms with Crippen LogP contribution in [0.2, 0.25) is 10.0 Å². The molecule has 0 aromatic carbocycles. The molecule has 1 fully saturated rings. The second-order valence-electron chi connectivity index (χ2n) is 10.7. The van der Waals surface area contributed by atoms with Crippen molar-refractivity contribution < 1.29 is 45.8 Å². The first kappa shape index (κ1) is 32.6. The highest BCUT2D eigenvalue weighted by molar-refractivity contribution is 6.39. The monoisotopic (exact) mass is 630 g/mol. The second-order valence-corrected chi connectivity index (χ2v) is 11.5. The van der Waals surface area contributed by atoms with Gasteiger partial charge in [0.1, 0.15) is 0 Å². The highest BCUT2D eigenvalue weighted by atomic mass is 35.5. The van der Waals surface area contributed by atoms with Gasteiger partial charge in [0.25, 0.3) is 5.91 Å². The summed E-state index contributed by atoms with van der Waals surface area (Å²) in [6.07, 6.45) is -7.28. The van der Waals surface area contributed by atoms with Crippen LogP contribution in [0.3, 0.4) is 0 Å². The largest absolute Gasteiger partial charge is 0.481 e. The van der Waals surface area contributed by atoms with Gasteiger partial charge in [0.15, 0.2) is 11.5 Å². The maximum atomic E-state index is 14.4. The molecule has 0 spiro atoms. The number of nitrogens with zero attached hydrogens (tertiary/aromatic N) is 4. The summed E-state index contributed by atoms with van der Waals surface area (Å²) in [4.78, 5) is 42.1. The van der Waals surface area contributed by atoms with E-state index in [0.717, 1.165) is 26.2 Å². The van der Waals surface area contributed by atoms with Gasteiger partial charge in [-0.3, -0.25) is 24.0 Å². The molecule has 2 aromatic heterocycles. The van der Waals surface area contributed by atoms with E-state index in [0.29, 0.717) is 15.8 Å². The molecule has 1 aliphatic carbocycles.